The van der Waals surface area contributed by atoms with Gasteiger partial charge in [0, 0.05) is 74.8 Å². The summed E-state index contributed by atoms with van der Waals surface area (Å²) >= 11 is 0. The van der Waals surface area contributed by atoms with Crippen molar-refractivity contribution in [3.05, 3.63) is 65.6 Å². The van der Waals surface area contributed by atoms with Crippen LogP contribution in [-0.2, 0) is 11.3 Å². The molecule has 1 N–H and O–H groups in total. The van der Waals surface area contributed by atoms with Gasteiger partial charge in [-0.05, 0) is 55.3 Å². The van der Waals surface area contributed by atoms with Gasteiger partial charge in [0.2, 0.25) is 11.9 Å². The van der Waals surface area contributed by atoms with Crippen LogP contribution in [0.2, 0.25) is 0 Å². The number of pyridine rings is 1. The zero-order valence-corrected chi connectivity index (χ0v) is 20.8. The van der Waals surface area contributed by atoms with Crippen LogP contribution in [0.15, 0.2) is 60.0 Å². The van der Waals surface area contributed by atoms with Gasteiger partial charge in [-0.3, -0.25) is 14.2 Å². The van der Waals surface area contributed by atoms with Gasteiger partial charge < -0.3 is 20.0 Å². The zero-order chi connectivity index (χ0) is 25.1. The number of carbonyl (C=O) groups excluding carboxylic acids is 1. The summed E-state index contributed by atoms with van der Waals surface area (Å²) in [6.45, 7) is 13.1. The second kappa shape index (κ2) is 10.5. The van der Waals surface area contributed by atoms with E-state index in [1.165, 1.54) is 11.8 Å². The SMILES string of the molecule is C=CC(=O)N1CC(CCn2c(=O)ccc3cnc(Nc4ccc(N5CCN(CC)CC5)cc4)nc32)C1. The van der Waals surface area contributed by atoms with Gasteiger partial charge >= 0.3 is 0 Å². The van der Waals surface area contributed by atoms with E-state index in [1.54, 1.807) is 27.8 Å². The van der Waals surface area contributed by atoms with E-state index in [0.717, 1.165) is 50.2 Å². The molecule has 0 spiro atoms. The number of carbonyl (C=O) groups is 1. The van der Waals surface area contributed by atoms with Crippen molar-refractivity contribution in [3.63, 3.8) is 0 Å². The summed E-state index contributed by atoms with van der Waals surface area (Å²) < 4.78 is 1.71. The van der Waals surface area contributed by atoms with Crippen LogP contribution in [0, 0.1) is 5.92 Å². The molecule has 2 fully saturated rings. The maximum Gasteiger partial charge on any atom is 0.252 e. The summed E-state index contributed by atoms with van der Waals surface area (Å²) in [5.41, 5.74) is 2.65. The van der Waals surface area contributed by atoms with Gasteiger partial charge in [0.05, 0.1) is 0 Å². The van der Waals surface area contributed by atoms with E-state index in [0.29, 0.717) is 37.1 Å². The Morgan fingerprint density at radius 2 is 1.86 bits per heavy atom. The van der Waals surface area contributed by atoms with E-state index in [1.807, 2.05) is 12.1 Å². The lowest BCUT2D eigenvalue weighted by atomic mass is 9.96. The van der Waals surface area contributed by atoms with E-state index in [2.05, 4.69) is 50.7 Å². The molecule has 9 nitrogen and oxygen atoms in total. The number of nitrogens with zero attached hydrogens (tertiary/aromatic N) is 6. The molecule has 0 saturated carbocycles. The summed E-state index contributed by atoms with van der Waals surface area (Å²) in [6, 6.07) is 11.7. The molecule has 3 aromatic rings. The number of piperazine rings is 1. The largest absolute Gasteiger partial charge is 0.369 e. The van der Waals surface area contributed by atoms with E-state index >= 15 is 0 Å². The maximum atomic E-state index is 12.7. The summed E-state index contributed by atoms with van der Waals surface area (Å²) in [6.07, 6.45) is 3.90. The molecule has 1 aromatic carbocycles. The standard InChI is InChI=1S/C27H33N7O2/c1-3-24(35)33-18-20(19-33)11-12-34-25(36)10-5-21-17-28-27(30-26(21)34)29-22-6-8-23(9-7-22)32-15-13-31(4-2)14-16-32/h3,5-10,17,20H,1,4,11-16,18-19H2,2H3,(H,28,29,30). The molecular formula is C27H33N7O2. The van der Waals surface area contributed by atoms with Crippen LogP contribution in [0.1, 0.15) is 13.3 Å². The van der Waals surface area contributed by atoms with Crippen molar-refractivity contribution < 1.29 is 4.79 Å². The van der Waals surface area contributed by atoms with Gasteiger partial charge in [0.25, 0.3) is 5.56 Å². The number of nitrogens with one attached hydrogen (secondary N) is 1. The number of hydrogen-bond donors (Lipinski definition) is 1. The third-order valence-electron chi connectivity index (χ3n) is 7.24. The minimum atomic E-state index is -0.0852. The smallest absolute Gasteiger partial charge is 0.252 e. The fourth-order valence-corrected chi connectivity index (χ4v) is 4.93. The number of likely N-dealkylation sites (N-methyl/N-ethyl adjacent to an activating group) is 1. The molecule has 9 heteroatoms. The molecule has 0 aliphatic carbocycles. The normalized spacial score (nSPS) is 16.7. The molecule has 0 unspecified atom stereocenters. The number of amides is 1. The number of aromatic nitrogens is 3. The third kappa shape index (κ3) is 5.11. The molecule has 2 saturated heterocycles. The van der Waals surface area contributed by atoms with Crippen molar-refractivity contribution >= 4 is 34.3 Å². The number of benzene rings is 1. The zero-order valence-electron chi connectivity index (χ0n) is 20.8. The number of fused-ring (bicyclic) bond motifs is 1. The summed E-state index contributed by atoms with van der Waals surface area (Å²) in [4.78, 5) is 40.1. The van der Waals surface area contributed by atoms with Crippen LogP contribution < -0.4 is 15.8 Å². The lowest BCUT2D eigenvalue weighted by Crippen LogP contribution is -2.49. The Kier molecular flexibility index (Phi) is 6.99. The van der Waals surface area contributed by atoms with Crippen molar-refractivity contribution in [2.45, 2.75) is 19.9 Å². The third-order valence-corrected chi connectivity index (χ3v) is 7.24. The van der Waals surface area contributed by atoms with Gasteiger partial charge in [0.1, 0.15) is 5.65 Å². The topological polar surface area (TPSA) is 86.6 Å². The van der Waals surface area contributed by atoms with Gasteiger partial charge in [-0.15, -0.1) is 0 Å². The van der Waals surface area contributed by atoms with Crippen molar-refractivity contribution in [1.29, 1.82) is 0 Å². The van der Waals surface area contributed by atoms with Crippen LogP contribution >= 0.6 is 0 Å². The van der Waals surface area contributed by atoms with Crippen LogP contribution in [0.5, 0.6) is 0 Å². The van der Waals surface area contributed by atoms with Gasteiger partial charge in [0.15, 0.2) is 0 Å². The van der Waals surface area contributed by atoms with Crippen LogP contribution in [0.3, 0.4) is 0 Å². The summed E-state index contributed by atoms with van der Waals surface area (Å²) in [5.74, 6) is 0.792. The minimum absolute atomic E-state index is 0.0378. The van der Waals surface area contributed by atoms with Crippen LogP contribution in [0.25, 0.3) is 11.0 Å². The van der Waals surface area contributed by atoms with Crippen molar-refractivity contribution in [2.75, 3.05) is 56.0 Å². The van der Waals surface area contributed by atoms with E-state index in [9.17, 15) is 9.59 Å². The Hall–Kier alpha value is -3.72. The molecule has 2 aliphatic heterocycles. The van der Waals surface area contributed by atoms with Gasteiger partial charge in [-0.1, -0.05) is 13.5 Å². The highest BCUT2D eigenvalue weighted by atomic mass is 16.2. The first kappa shape index (κ1) is 24.0. The number of anilines is 3. The second-order valence-corrected chi connectivity index (χ2v) is 9.49. The molecule has 36 heavy (non-hydrogen) atoms. The van der Waals surface area contributed by atoms with Crippen LogP contribution in [-0.4, -0.2) is 76.1 Å². The lowest BCUT2D eigenvalue weighted by Gasteiger charge is -2.38. The van der Waals surface area contributed by atoms with E-state index in [-0.39, 0.29) is 11.5 Å². The Morgan fingerprint density at radius 3 is 2.56 bits per heavy atom. The molecule has 0 atom stereocenters. The summed E-state index contributed by atoms with van der Waals surface area (Å²) in [5, 5.41) is 4.10. The van der Waals surface area contributed by atoms with Gasteiger partial charge in [-0.25, -0.2) is 4.98 Å². The first-order chi connectivity index (χ1) is 17.5. The molecular weight excluding hydrogens is 454 g/mol. The van der Waals surface area contributed by atoms with Crippen molar-refractivity contribution in [3.8, 4) is 0 Å². The quantitative estimate of drug-likeness (QED) is 0.489. The number of hydrogen-bond acceptors (Lipinski definition) is 7. The van der Waals surface area contributed by atoms with Crippen molar-refractivity contribution in [1.82, 2.24) is 24.3 Å². The summed E-state index contributed by atoms with van der Waals surface area (Å²) in [7, 11) is 0. The fourth-order valence-electron chi connectivity index (χ4n) is 4.93. The Morgan fingerprint density at radius 1 is 1.11 bits per heavy atom. The molecule has 2 aliphatic rings. The molecule has 4 heterocycles. The highest BCUT2D eigenvalue weighted by Gasteiger charge is 2.29. The number of aryl methyl sites for hydroxylation is 1. The van der Waals surface area contributed by atoms with Gasteiger partial charge in [-0.2, -0.15) is 4.98 Å². The van der Waals surface area contributed by atoms with E-state index < -0.39 is 0 Å². The highest BCUT2D eigenvalue weighted by molar-refractivity contribution is 5.87. The van der Waals surface area contributed by atoms with E-state index in [4.69, 9.17) is 0 Å². The molecule has 1 amide bonds. The average molecular weight is 488 g/mol. The first-order valence-electron chi connectivity index (χ1n) is 12.7. The number of rotatable bonds is 8. The highest BCUT2D eigenvalue weighted by Crippen LogP contribution is 2.23. The Labute approximate surface area is 211 Å². The molecule has 5 rings (SSSR count). The Balaban J connectivity index is 1.26. The Bertz CT molecular complexity index is 1290. The first-order valence-corrected chi connectivity index (χ1v) is 12.7. The molecule has 188 valence electrons. The molecule has 2 aromatic heterocycles. The monoisotopic (exact) mass is 487 g/mol. The van der Waals surface area contributed by atoms with Crippen LogP contribution in [0.4, 0.5) is 17.3 Å². The average Bonchev–Trinajstić information content (AvgIpc) is 2.89. The molecule has 0 bridgehead atoms. The fraction of sp³-hybridized carbons (Fsp3) is 0.407. The molecule has 0 radical (unpaired) electrons. The predicted molar refractivity (Wildman–Crippen MR) is 143 cm³/mol. The lowest BCUT2D eigenvalue weighted by molar-refractivity contribution is -0.132. The second-order valence-electron chi connectivity index (χ2n) is 9.49. The minimum Gasteiger partial charge on any atom is -0.369 e. The predicted octanol–water partition coefficient (Wildman–Crippen LogP) is 2.71. The number of likely N-dealkylation sites (tertiary alicyclic amines) is 1. The maximum absolute atomic E-state index is 12.7. The van der Waals surface area contributed by atoms with Crippen molar-refractivity contribution in [2.24, 2.45) is 5.92 Å².